The molecule has 2 aromatic heterocycles. The average Bonchev–Trinajstić information content (AvgIpc) is 2.82. The molecule has 2 N–H and O–H groups in total. The van der Waals surface area contributed by atoms with Crippen molar-refractivity contribution >= 4 is 28.7 Å². The van der Waals surface area contributed by atoms with Crippen molar-refractivity contribution in [2.45, 2.75) is 31.7 Å². The molecule has 84 valence electrons. The standard InChI is InChI=1S/C10H12ClN5/c11-8-7-9(15-10(12)14-8)13-5-16(7)6-3-1-2-4-6/h5-6H,1-4H2,(H2,12,14,15). The van der Waals surface area contributed by atoms with E-state index in [1.54, 1.807) is 6.33 Å². The number of nitrogen functional groups attached to an aromatic ring is 1. The minimum absolute atomic E-state index is 0.175. The van der Waals surface area contributed by atoms with E-state index in [4.69, 9.17) is 17.3 Å². The molecular weight excluding hydrogens is 226 g/mol. The molecule has 0 bridgehead atoms. The van der Waals surface area contributed by atoms with Crippen molar-refractivity contribution in [1.82, 2.24) is 19.5 Å². The number of halogens is 1. The summed E-state index contributed by atoms with van der Waals surface area (Å²) in [7, 11) is 0. The summed E-state index contributed by atoms with van der Waals surface area (Å²) in [6.45, 7) is 0. The molecule has 1 fully saturated rings. The number of aromatic nitrogens is 4. The number of hydrogen-bond acceptors (Lipinski definition) is 4. The van der Waals surface area contributed by atoms with Crippen molar-refractivity contribution in [1.29, 1.82) is 0 Å². The van der Waals surface area contributed by atoms with Gasteiger partial charge in [-0.1, -0.05) is 24.4 Å². The van der Waals surface area contributed by atoms with Gasteiger partial charge in [0.25, 0.3) is 0 Å². The van der Waals surface area contributed by atoms with E-state index >= 15 is 0 Å². The van der Waals surface area contributed by atoms with Gasteiger partial charge in [-0.05, 0) is 12.8 Å². The SMILES string of the molecule is Nc1nc(Cl)c2c(ncn2C2CCCC2)n1. The van der Waals surface area contributed by atoms with Crippen molar-refractivity contribution in [2.24, 2.45) is 0 Å². The Labute approximate surface area is 97.7 Å². The van der Waals surface area contributed by atoms with Gasteiger partial charge in [-0.3, -0.25) is 0 Å². The van der Waals surface area contributed by atoms with Crippen LogP contribution in [0.5, 0.6) is 0 Å². The Balaban J connectivity index is 2.18. The van der Waals surface area contributed by atoms with E-state index in [1.807, 2.05) is 0 Å². The van der Waals surface area contributed by atoms with Gasteiger partial charge in [-0.2, -0.15) is 9.97 Å². The summed E-state index contributed by atoms with van der Waals surface area (Å²) in [6, 6.07) is 0.481. The smallest absolute Gasteiger partial charge is 0.223 e. The molecule has 2 heterocycles. The minimum Gasteiger partial charge on any atom is -0.368 e. The van der Waals surface area contributed by atoms with Gasteiger partial charge in [0.1, 0.15) is 5.52 Å². The van der Waals surface area contributed by atoms with E-state index in [9.17, 15) is 0 Å². The maximum Gasteiger partial charge on any atom is 0.223 e. The third kappa shape index (κ3) is 1.43. The van der Waals surface area contributed by atoms with E-state index in [2.05, 4.69) is 19.5 Å². The van der Waals surface area contributed by atoms with Crippen LogP contribution >= 0.6 is 11.6 Å². The Morgan fingerprint density at radius 2 is 2.06 bits per heavy atom. The molecule has 6 heteroatoms. The number of rotatable bonds is 1. The number of anilines is 1. The summed E-state index contributed by atoms with van der Waals surface area (Å²) in [5, 5.41) is 0.395. The molecule has 0 saturated heterocycles. The van der Waals surface area contributed by atoms with Gasteiger partial charge in [0.2, 0.25) is 5.95 Å². The van der Waals surface area contributed by atoms with Crippen LogP contribution in [0.25, 0.3) is 11.2 Å². The molecule has 0 radical (unpaired) electrons. The first-order chi connectivity index (χ1) is 7.75. The van der Waals surface area contributed by atoms with Gasteiger partial charge in [0.15, 0.2) is 10.8 Å². The van der Waals surface area contributed by atoms with Crippen LogP contribution in [0.1, 0.15) is 31.7 Å². The number of imidazole rings is 1. The van der Waals surface area contributed by atoms with Gasteiger partial charge in [0, 0.05) is 6.04 Å². The molecule has 1 aliphatic rings. The van der Waals surface area contributed by atoms with Crippen LogP contribution in [0.2, 0.25) is 5.15 Å². The molecule has 2 aromatic rings. The number of fused-ring (bicyclic) bond motifs is 1. The third-order valence-electron chi connectivity index (χ3n) is 3.12. The molecular formula is C10H12ClN5. The number of nitrogens with two attached hydrogens (primary N) is 1. The molecule has 5 nitrogen and oxygen atoms in total. The summed E-state index contributed by atoms with van der Waals surface area (Å²) < 4.78 is 2.09. The van der Waals surface area contributed by atoms with Gasteiger partial charge in [-0.15, -0.1) is 0 Å². The topological polar surface area (TPSA) is 69.6 Å². The zero-order chi connectivity index (χ0) is 11.1. The lowest BCUT2D eigenvalue weighted by molar-refractivity contribution is 0.532. The largest absolute Gasteiger partial charge is 0.368 e. The molecule has 0 unspecified atom stereocenters. The van der Waals surface area contributed by atoms with Crippen molar-refractivity contribution in [3.8, 4) is 0 Å². The lowest BCUT2D eigenvalue weighted by Gasteiger charge is -2.12. The molecule has 1 aliphatic carbocycles. The van der Waals surface area contributed by atoms with Crippen molar-refractivity contribution < 1.29 is 0 Å². The van der Waals surface area contributed by atoms with Gasteiger partial charge < -0.3 is 10.3 Å². The zero-order valence-electron chi connectivity index (χ0n) is 8.73. The van der Waals surface area contributed by atoms with Crippen molar-refractivity contribution in [2.75, 3.05) is 5.73 Å². The molecule has 0 aliphatic heterocycles. The van der Waals surface area contributed by atoms with Crippen LogP contribution in [-0.4, -0.2) is 19.5 Å². The first-order valence-corrected chi connectivity index (χ1v) is 5.79. The molecule has 1 saturated carbocycles. The zero-order valence-corrected chi connectivity index (χ0v) is 9.48. The van der Waals surface area contributed by atoms with Gasteiger partial charge in [-0.25, -0.2) is 4.98 Å². The molecule has 16 heavy (non-hydrogen) atoms. The maximum atomic E-state index is 6.10. The second kappa shape index (κ2) is 3.59. The number of nitrogens with zero attached hydrogens (tertiary/aromatic N) is 4. The van der Waals surface area contributed by atoms with Crippen molar-refractivity contribution in [3.63, 3.8) is 0 Å². The lowest BCUT2D eigenvalue weighted by Crippen LogP contribution is -2.04. The van der Waals surface area contributed by atoms with Crippen LogP contribution in [0, 0.1) is 0 Å². The van der Waals surface area contributed by atoms with Crippen LogP contribution in [0.3, 0.4) is 0 Å². The predicted molar refractivity (Wildman–Crippen MR) is 62.3 cm³/mol. The van der Waals surface area contributed by atoms with Crippen LogP contribution < -0.4 is 5.73 Å². The van der Waals surface area contributed by atoms with E-state index < -0.39 is 0 Å². The maximum absolute atomic E-state index is 6.10. The van der Waals surface area contributed by atoms with Crippen molar-refractivity contribution in [3.05, 3.63) is 11.5 Å². The molecule has 0 aromatic carbocycles. The first kappa shape index (κ1) is 9.84. The second-order valence-electron chi connectivity index (χ2n) is 4.13. The fraction of sp³-hybridized carbons (Fsp3) is 0.500. The second-order valence-corrected chi connectivity index (χ2v) is 4.49. The quantitative estimate of drug-likeness (QED) is 0.772. The summed E-state index contributed by atoms with van der Waals surface area (Å²) in [6.07, 6.45) is 6.66. The summed E-state index contributed by atoms with van der Waals surface area (Å²) in [5.74, 6) is 0.175. The summed E-state index contributed by atoms with van der Waals surface area (Å²) in [4.78, 5) is 12.3. The molecule has 3 rings (SSSR count). The summed E-state index contributed by atoms with van der Waals surface area (Å²) >= 11 is 6.10. The van der Waals surface area contributed by atoms with E-state index in [0.29, 0.717) is 16.8 Å². The van der Waals surface area contributed by atoms with Gasteiger partial charge >= 0.3 is 0 Å². The van der Waals surface area contributed by atoms with E-state index in [0.717, 1.165) is 5.52 Å². The Morgan fingerprint density at radius 3 is 2.81 bits per heavy atom. The Bertz CT molecular complexity index is 529. The van der Waals surface area contributed by atoms with Crippen LogP contribution in [0.4, 0.5) is 5.95 Å². The number of hydrogen-bond donors (Lipinski definition) is 1. The van der Waals surface area contributed by atoms with E-state index in [1.165, 1.54) is 25.7 Å². The first-order valence-electron chi connectivity index (χ1n) is 5.41. The predicted octanol–water partition coefficient (Wildman–Crippen LogP) is 2.18. The van der Waals surface area contributed by atoms with E-state index in [-0.39, 0.29) is 5.95 Å². The lowest BCUT2D eigenvalue weighted by atomic mass is 10.2. The Hall–Kier alpha value is -1.36. The monoisotopic (exact) mass is 237 g/mol. The normalized spacial score (nSPS) is 17.3. The Morgan fingerprint density at radius 1 is 1.31 bits per heavy atom. The molecule has 0 atom stereocenters. The highest BCUT2D eigenvalue weighted by molar-refractivity contribution is 6.33. The molecule has 0 amide bonds. The highest BCUT2D eigenvalue weighted by atomic mass is 35.5. The summed E-state index contributed by atoms with van der Waals surface area (Å²) in [5.41, 5.74) is 6.93. The Kier molecular flexibility index (Phi) is 2.21. The van der Waals surface area contributed by atoms with Gasteiger partial charge in [0.05, 0.1) is 6.33 Å². The molecule has 0 spiro atoms. The minimum atomic E-state index is 0.175. The third-order valence-corrected chi connectivity index (χ3v) is 3.38. The van der Waals surface area contributed by atoms with Crippen LogP contribution in [0.15, 0.2) is 6.33 Å². The highest BCUT2D eigenvalue weighted by Gasteiger charge is 2.21. The fourth-order valence-corrected chi connectivity index (χ4v) is 2.65. The fourth-order valence-electron chi connectivity index (χ4n) is 2.38. The average molecular weight is 238 g/mol. The van der Waals surface area contributed by atoms with Crippen LogP contribution in [-0.2, 0) is 0 Å². The highest BCUT2D eigenvalue weighted by Crippen LogP contribution is 2.33.